The molecule has 1 unspecified atom stereocenters. The topological polar surface area (TPSA) is 105 Å². The van der Waals surface area contributed by atoms with Crippen molar-refractivity contribution in [3.63, 3.8) is 0 Å². The van der Waals surface area contributed by atoms with Gasteiger partial charge in [-0.3, -0.25) is 9.59 Å². The third-order valence-electron chi connectivity index (χ3n) is 7.42. The number of nitrogens with zero attached hydrogens (tertiary/aromatic N) is 1. The van der Waals surface area contributed by atoms with Crippen LogP contribution in [-0.4, -0.2) is 38.2 Å². The number of rotatable bonds is 4. The van der Waals surface area contributed by atoms with E-state index < -0.39 is 45.5 Å². The Morgan fingerprint density at radius 2 is 1.51 bits per heavy atom. The van der Waals surface area contributed by atoms with E-state index >= 15 is 0 Å². The molecule has 2 amide bonds. The first kappa shape index (κ1) is 27.1. The Morgan fingerprint density at radius 1 is 0.949 bits per heavy atom. The first-order valence-electron chi connectivity index (χ1n) is 12.8. The molecule has 1 fully saturated rings. The van der Waals surface area contributed by atoms with Crippen LogP contribution in [0, 0.1) is 19.8 Å². The Morgan fingerprint density at radius 3 is 2.05 bits per heavy atom. The van der Waals surface area contributed by atoms with Crippen LogP contribution in [0.4, 0.5) is 13.2 Å². The Labute approximate surface area is 224 Å². The fourth-order valence-electron chi connectivity index (χ4n) is 5.44. The molecule has 39 heavy (non-hydrogen) atoms. The zero-order valence-corrected chi connectivity index (χ0v) is 22.2. The molecule has 1 atom stereocenters. The summed E-state index contributed by atoms with van der Waals surface area (Å²) in [5, 5.41) is 5.62. The number of carbonyl (C=O) groups is 2. The summed E-state index contributed by atoms with van der Waals surface area (Å²) in [5.41, 5.74) is 0.322. The molecule has 1 saturated carbocycles. The monoisotopic (exact) mass is 559 g/mol. The molecule has 0 bridgehead atoms. The number of aryl methyl sites for hydroxylation is 2. The minimum absolute atomic E-state index is 0.0356. The largest absolute Gasteiger partial charge is 0.435 e. The minimum Gasteiger partial charge on any atom is -0.381 e. The number of dihydropyridines is 1. The number of hydrogen-bond donors (Lipinski definition) is 2. The Bertz CT molecular complexity index is 1460. The average Bonchev–Trinajstić information content (AvgIpc) is 2.87. The van der Waals surface area contributed by atoms with Crippen molar-refractivity contribution >= 4 is 27.4 Å². The van der Waals surface area contributed by atoms with Crippen molar-refractivity contribution in [3.8, 4) is 0 Å². The van der Waals surface area contributed by atoms with Crippen molar-refractivity contribution in [2.24, 2.45) is 10.9 Å². The van der Waals surface area contributed by atoms with Crippen molar-refractivity contribution in [1.82, 2.24) is 10.6 Å². The highest BCUT2D eigenvalue weighted by atomic mass is 32.2. The number of aliphatic imine (C=N–C) groups is 1. The van der Waals surface area contributed by atoms with Crippen LogP contribution in [-0.2, 0) is 19.4 Å². The third kappa shape index (κ3) is 5.11. The number of benzene rings is 2. The Hall–Kier alpha value is -3.47. The zero-order valence-electron chi connectivity index (χ0n) is 21.4. The molecule has 2 aromatic rings. The number of nitrogens with one attached hydrogen (secondary N) is 2. The summed E-state index contributed by atoms with van der Waals surface area (Å²) in [6.07, 6.45) is 0.208. The van der Waals surface area contributed by atoms with E-state index in [9.17, 15) is 31.2 Å². The highest BCUT2D eigenvalue weighted by Gasteiger charge is 2.45. The van der Waals surface area contributed by atoms with Crippen LogP contribution in [0.3, 0.4) is 0 Å². The molecule has 7 nitrogen and oxygen atoms in total. The molecule has 2 N–H and O–H groups in total. The summed E-state index contributed by atoms with van der Waals surface area (Å²) in [4.78, 5) is 29.6. The molecule has 1 aliphatic carbocycles. The molecular formula is C28H28F3N3O4S. The maximum Gasteiger partial charge on any atom is 0.435 e. The molecule has 206 valence electrons. The smallest absolute Gasteiger partial charge is 0.381 e. The molecule has 2 aliphatic heterocycles. The predicted molar refractivity (Wildman–Crippen MR) is 138 cm³/mol. The standard InChI is InChI=1S/C28H28F3N3O4S/c1-15-8-10-18-22(12-15)39(37,38)23-13-16(2)9-11-19(23)24(18)33-26(35)20-14-21(32-17-6-4-3-5-7-17)25(28(29,30)31)34-27(20)36/h8-14,17,20,24,32H,3-7H2,1-2H3,(H,33,35). The van der Waals surface area contributed by atoms with Crippen LogP contribution < -0.4 is 10.6 Å². The normalized spacial score (nSPS) is 21.4. The van der Waals surface area contributed by atoms with E-state index in [1.165, 1.54) is 12.1 Å². The van der Waals surface area contributed by atoms with Gasteiger partial charge < -0.3 is 10.6 Å². The van der Waals surface area contributed by atoms with Gasteiger partial charge >= 0.3 is 6.18 Å². The Kier molecular flexibility index (Phi) is 6.90. The van der Waals surface area contributed by atoms with E-state index in [2.05, 4.69) is 15.6 Å². The highest BCUT2D eigenvalue weighted by Crippen LogP contribution is 2.41. The third-order valence-corrected chi connectivity index (χ3v) is 9.28. The van der Waals surface area contributed by atoms with Gasteiger partial charge in [-0.25, -0.2) is 13.4 Å². The van der Waals surface area contributed by atoms with Gasteiger partial charge in [-0.15, -0.1) is 0 Å². The van der Waals surface area contributed by atoms with Crippen LogP contribution in [0.5, 0.6) is 0 Å². The van der Waals surface area contributed by atoms with Crippen LogP contribution >= 0.6 is 0 Å². The summed E-state index contributed by atoms with van der Waals surface area (Å²) in [7, 11) is -3.89. The minimum atomic E-state index is -4.88. The van der Waals surface area contributed by atoms with E-state index in [1.807, 2.05) is 0 Å². The number of hydrogen-bond acceptors (Lipinski definition) is 5. The molecule has 5 rings (SSSR count). The van der Waals surface area contributed by atoms with E-state index in [4.69, 9.17) is 0 Å². The van der Waals surface area contributed by atoms with Crippen LogP contribution in [0.25, 0.3) is 0 Å². The summed E-state index contributed by atoms with van der Waals surface area (Å²) in [6, 6.07) is 8.52. The SMILES string of the molecule is Cc1ccc2c(c1)S(=O)(=O)c1cc(C)ccc1C2NC(=O)C1C=C(NC2CCCCC2)C(C(F)(F)F)=NC1=O. The molecule has 0 radical (unpaired) electrons. The lowest BCUT2D eigenvalue weighted by Gasteiger charge is -2.31. The average molecular weight is 560 g/mol. The van der Waals surface area contributed by atoms with E-state index in [1.54, 1.807) is 38.1 Å². The zero-order chi connectivity index (χ0) is 28.1. The second-order valence-electron chi connectivity index (χ2n) is 10.4. The van der Waals surface area contributed by atoms with E-state index in [0.29, 0.717) is 35.1 Å². The first-order chi connectivity index (χ1) is 18.4. The number of alkyl halides is 3. The number of carbonyl (C=O) groups excluding carboxylic acids is 2. The molecule has 0 saturated heterocycles. The van der Waals surface area contributed by atoms with Crippen LogP contribution in [0.15, 0.2) is 63.0 Å². The van der Waals surface area contributed by atoms with Gasteiger partial charge in [0, 0.05) is 6.04 Å². The summed E-state index contributed by atoms with van der Waals surface area (Å²) >= 11 is 0. The van der Waals surface area contributed by atoms with Gasteiger partial charge in [0.05, 0.1) is 21.5 Å². The van der Waals surface area contributed by atoms with Crippen molar-refractivity contribution in [2.45, 2.75) is 74.0 Å². The molecule has 2 heterocycles. The lowest BCUT2D eigenvalue weighted by molar-refractivity contribution is -0.132. The van der Waals surface area contributed by atoms with Crippen molar-refractivity contribution in [1.29, 1.82) is 0 Å². The predicted octanol–water partition coefficient (Wildman–Crippen LogP) is 4.62. The van der Waals surface area contributed by atoms with Crippen molar-refractivity contribution < 1.29 is 31.2 Å². The maximum atomic E-state index is 13.8. The number of allylic oxidation sites excluding steroid dienone is 1. The van der Waals surface area contributed by atoms with Gasteiger partial charge in [-0.2, -0.15) is 13.2 Å². The van der Waals surface area contributed by atoms with Crippen LogP contribution in [0.2, 0.25) is 0 Å². The number of fused-ring (bicyclic) bond motifs is 2. The number of halogens is 3. The van der Waals surface area contributed by atoms with Gasteiger partial charge in [0.1, 0.15) is 5.92 Å². The lowest BCUT2D eigenvalue weighted by Crippen LogP contribution is -2.45. The second-order valence-corrected chi connectivity index (χ2v) is 12.2. The molecular weight excluding hydrogens is 531 g/mol. The van der Waals surface area contributed by atoms with Crippen molar-refractivity contribution in [2.75, 3.05) is 0 Å². The van der Waals surface area contributed by atoms with Gasteiger partial charge in [0.15, 0.2) is 5.71 Å². The lowest BCUT2D eigenvalue weighted by atomic mass is 9.93. The number of amides is 2. The van der Waals surface area contributed by atoms with E-state index in [0.717, 1.165) is 25.3 Å². The molecule has 2 aromatic carbocycles. The summed E-state index contributed by atoms with van der Waals surface area (Å²) in [6.45, 7) is 3.50. The molecule has 0 spiro atoms. The van der Waals surface area contributed by atoms with E-state index in [-0.39, 0.29) is 21.5 Å². The fourth-order valence-corrected chi connectivity index (χ4v) is 7.35. The molecule has 0 aromatic heterocycles. The fraction of sp³-hybridized carbons (Fsp3) is 0.393. The Balaban J connectivity index is 1.51. The first-order valence-corrected chi connectivity index (χ1v) is 14.3. The van der Waals surface area contributed by atoms with Gasteiger partial charge in [-0.05, 0) is 67.2 Å². The quantitative estimate of drug-likeness (QED) is 0.532. The molecule has 3 aliphatic rings. The van der Waals surface area contributed by atoms with Gasteiger partial charge in [0.2, 0.25) is 15.7 Å². The summed E-state index contributed by atoms with van der Waals surface area (Å²) < 4.78 is 68.2. The highest BCUT2D eigenvalue weighted by molar-refractivity contribution is 7.91. The molecule has 11 heteroatoms. The maximum absolute atomic E-state index is 13.8. The summed E-state index contributed by atoms with van der Waals surface area (Å²) in [5.74, 6) is -3.70. The van der Waals surface area contributed by atoms with Gasteiger partial charge in [0.25, 0.3) is 5.91 Å². The van der Waals surface area contributed by atoms with Gasteiger partial charge in [-0.1, -0.05) is 43.5 Å². The van der Waals surface area contributed by atoms with Crippen molar-refractivity contribution in [3.05, 3.63) is 70.4 Å². The second kappa shape index (κ2) is 9.93. The van der Waals surface area contributed by atoms with Crippen LogP contribution in [0.1, 0.15) is 60.4 Å². The number of sulfone groups is 1.